The Morgan fingerprint density at radius 3 is 0.818 bits per heavy atom. The van der Waals surface area contributed by atoms with E-state index in [1.165, 1.54) is 225 Å². The molecule has 0 aromatic heterocycles. The van der Waals surface area contributed by atoms with Crippen LogP contribution in [0.25, 0.3) is 0 Å². The Bertz CT molecular complexity index is 1380. The number of unbranched alkanes of at least 4 members (excludes halogenated alkanes) is 41. The van der Waals surface area contributed by atoms with Crippen molar-refractivity contribution in [2.24, 2.45) is 0 Å². The highest BCUT2D eigenvalue weighted by Crippen LogP contribution is 2.18. The van der Waals surface area contributed by atoms with Crippen molar-refractivity contribution in [3.8, 4) is 0 Å². The van der Waals surface area contributed by atoms with Crippen LogP contribution < -0.4 is 0 Å². The number of hydrogen-bond donors (Lipinski definition) is 0. The summed E-state index contributed by atoms with van der Waals surface area (Å²) in [5.41, 5.74) is 0. The van der Waals surface area contributed by atoms with E-state index in [-0.39, 0.29) is 31.1 Å². The van der Waals surface area contributed by atoms with Gasteiger partial charge in [0.25, 0.3) is 0 Å². The lowest BCUT2D eigenvalue weighted by molar-refractivity contribution is -0.167. The summed E-state index contributed by atoms with van der Waals surface area (Å²) in [6.45, 7) is 6.54. The molecule has 1 atom stereocenters. The molecule has 0 aromatic rings. The number of ether oxygens (including phenoxy) is 3. The van der Waals surface area contributed by atoms with E-state index >= 15 is 0 Å². The molecule has 0 aliphatic carbocycles. The molecule has 6 heteroatoms. The second-order valence-corrected chi connectivity index (χ2v) is 22.7. The van der Waals surface area contributed by atoms with Gasteiger partial charge in [-0.3, -0.25) is 14.4 Å². The molecule has 0 aliphatic heterocycles. The van der Waals surface area contributed by atoms with E-state index in [2.05, 4.69) is 81.5 Å². The molecule has 77 heavy (non-hydrogen) atoms. The Hall–Kier alpha value is -2.89. The summed E-state index contributed by atoms with van der Waals surface area (Å²) in [5.74, 6) is -0.860. The maximum atomic E-state index is 12.8. The monoisotopic (exact) mass is 1080 g/mol. The van der Waals surface area contributed by atoms with Gasteiger partial charge in [-0.25, -0.2) is 0 Å². The fourth-order valence-corrected chi connectivity index (χ4v) is 9.96. The summed E-state index contributed by atoms with van der Waals surface area (Å²) in [5, 5.41) is 0. The standard InChI is InChI=1S/C71H128O6/c1-4-7-10-13-16-19-22-24-25-26-27-28-29-30-31-32-33-34-35-36-37-38-39-40-41-42-43-44-45-47-49-52-55-58-61-64-70(73)76-67-68(66-75-69(72)63-60-57-54-51-48-21-18-15-12-9-6-3)77-71(74)65-62-59-56-53-50-46-23-20-17-14-11-8-5-2/h7,10,16,19-20,23-25,27-28,68H,4-6,8-9,11-15,17-18,21-22,26,29-67H2,1-3H3/b10-7-,19-16-,23-20-,25-24-,28-27-. The molecule has 0 heterocycles. The van der Waals surface area contributed by atoms with Crippen molar-refractivity contribution in [2.45, 2.75) is 361 Å². The van der Waals surface area contributed by atoms with Crippen LogP contribution in [-0.2, 0) is 28.6 Å². The predicted octanol–water partition coefficient (Wildman–Crippen LogP) is 23.1. The van der Waals surface area contributed by atoms with Gasteiger partial charge in [0.15, 0.2) is 6.10 Å². The summed E-state index contributed by atoms with van der Waals surface area (Å²) in [6.07, 6.45) is 84.1. The fraction of sp³-hybridized carbons (Fsp3) is 0.817. The minimum absolute atomic E-state index is 0.0711. The Morgan fingerprint density at radius 1 is 0.273 bits per heavy atom. The summed E-state index contributed by atoms with van der Waals surface area (Å²) >= 11 is 0. The van der Waals surface area contributed by atoms with Crippen LogP contribution in [0.4, 0.5) is 0 Å². The minimum Gasteiger partial charge on any atom is -0.462 e. The lowest BCUT2D eigenvalue weighted by atomic mass is 10.0. The van der Waals surface area contributed by atoms with Gasteiger partial charge in [-0.2, -0.15) is 0 Å². The molecule has 0 spiro atoms. The van der Waals surface area contributed by atoms with Crippen LogP contribution in [0.15, 0.2) is 60.8 Å². The highest BCUT2D eigenvalue weighted by molar-refractivity contribution is 5.71. The maximum Gasteiger partial charge on any atom is 0.306 e. The fourth-order valence-electron chi connectivity index (χ4n) is 9.96. The van der Waals surface area contributed by atoms with Crippen molar-refractivity contribution in [1.29, 1.82) is 0 Å². The van der Waals surface area contributed by atoms with Crippen molar-refractivity contribution in [3.05, 3.63) is 60.8 Å². The first-order valence-electron chi connectivity index (χ1n) is 33.8. The predicted molar refractivity (Wildman–Crippen MR) is 335 cm³/mol. The first-order chi connectivity index (χ1) is 38.0. The third-order valence-corrected chi connectivity index (χ3v) is 15.0. The highest BCUT2D eigenvalue weighted by atomic mass is 16.6. The van der Waals surface area contributed by atoms with E-state index < -0.39 is 6.10 Å². The molecule has 6 nitrogen and oxygen atoms in total. The number of esters is 3. The van der Waals surface area contributed by atoms with E-state index in [0.717, 1.165) is 89.9 Å². The molecule has 0 saturated heterocycles. The Labute approximate surface area is 479 Å². The second kappa shape index (κ2) is 65.6. The molecule has 0 bridgehead atoms. The molecule has 448 valence electrons. The van der Waals surface area contributed by atoms with E-state index in [1.807, 2.05) is 0 Å². The second-order valence-electron chi connectivity index (χ2n) is 22.7. The van der Waals surface area contributed by atoms with Gasteiger partial charge in [0.05, 0.1) is 0 Å². The third kappa shape index (κ3) is 63.8. The Kier molecular flexibility index (Phi) is 63.2. The summed E-state index contributed by atoms with van der Waals surface area (Å²) in [6, 6.07) is 0. The van der Waals surface area contributed by atoms with Gasteiger partial charge in [-0.15, -0.1) is 0 Å². The maximum absolute atomic E-state index is 12.8. The average molecular weight is 1080 g/mol. The van der Waals surface area contributed by atoms with Gasteiger partial charge in [0, 0.05) is 19.3 Å². The molecular formula is C71H128O6. The van der Waals surface area contributed by atoms with Crippen LogP contribution in [-0.4, -0.2) is 37.2 Å². The zero-order valence-electron chi connectivity index (χ0n) is 51.5. The summed E-state index contributed by atoms with van der Waals surface area (Å²) < 4.78 is 16.9. The number of hydrogen-bond acceptors (Lipinski definition) is 6. The average Bonchev–Trinajstić information content (AvgIpc) is 3.43. The number of rotatable bonds is 62. The SMILES string of the molecule is CC/C=C\C/C=C\C/C=C\C/C=C\CCCCCCCCCCCCCCCCCCCCCCCCC(=O)OCC(COC(=O)CCCCCCCCCCCCC)OC(=O)CCCCCCC/C=C\CCCCCC. The zero-order chi connectivity index (χ0) is 55.7. The lowest BCUT2D eigenvalue weighted by Gasteiger charge is -2.18. The first-order valence-corrected chi connectivity index (χ1v) is 33.8. The van der Waals surface area contributed by atoms with Crippen molar-refractivity contribution in [3.63, 3.8) is 0 Å². The molecule has 0 aromatic carbocycles. The number of carbonyl (C=O) groups excluding carboxylic acids is 3. The molecule has 0 rings (SSSR count). The summed E-state index contributed by atoms with van der Waals surface area (Å²) in [7, 11) is 0. The van der Waals surface area contributed by atoms with Crippen LogP contribution in [0.1, 0.15) is 355 Å². The molecule has 1 unspecified atom stereocenters. The molecule has 0 N–H and O–H groups in total. The Morgan fingerprint density at radius 2 is 0.506 bits per heavy atom. The van der Waals surface area contributed by atoms with Gasteiger partial charge < -0.3 is 14.2 Å². The van der Waals surface area contributed by atoms with E-state index in [0.29, 0.717) is 19.3 Å². The minimum atomic E-state index is -0.773. The molecule has 0 fully saturated rings. The molecule has 0 radical (unpaired) electrons. The van der Waals surface area contributed by atoms with Gasteiger partial charge in [0.1, 0.15) is 13.2 Å². The molecule has 0 saturated carbocycles. The third-order valence-electron chi connectivity index (χ3n) is 15.0. The number of allylic oxidation sites excluding steroid dienone is 10. The highest BCUT2D eigenvalue weighted by Gasteiger charge is 2.19. The van der Waals surface area contributed by atoms with Crippen molar-refractivity contribution >= 4 is 17.9 Å². The van der Waals surface area contributed by atoms with Crippen LogP contribution in [0.2, 0.25) is 0 Å². The van der Waals surface area contributed by atoms with Gasteiger partial charge in [-0.05, 0) is 83.5 Å². The smallest absolute Gasteiger partial charge is 0.306 e. The van der Waals surface area contributed by atoms with Gasteiger partial charge in [-0.1, -0.05) is 313 Å². The largest absolute Gasteiger partial charge is 0.462 e. The first kappa shape index (κ1) is 74.1. The summed E-state index contributed by atoms with van der Waals surface area (Å²) in [4.78, 5) is 38.2. The van der Waals surface area contributed by atoms with E-state index in [4.69, 9.17) is 14.2 Å². The topological polar surface area (TPSA) is 78.9 Å². The zero-order valence-corrected chi connectivity index (χ0v) is 51.5. The van der Waals surface area contributed by atoms with Crippen molar-refractivity contribution in [2.75, 3.05) is 13.2 Å². The molecule has 0 aliphatic rings. The van der Waals surface area contributed by atoms with Gasteiger partial charge in [0.2, 0.25) is 0 Å². The van der Waals surface area contributed by atoms with E-state index in [9.17, 15) is 14.4 Å². The van der Waals surface area contributed by atoms with Crippen LogP contribution in [0, 0.1) is 0 Å². The normalized spacial score (nSPS) is 12.4. The van der Waals surface area contributed by atoms with Crippen LogP contribution in [0.3, 0.4) is 0 Å². The molecular weight excluding hydrogens is 949 g/mol. The van der Waals surface area contributed by atoms with Gasteiger partial charge >= 0.3 is 17.9 Å². The quantitative estimate of drug-likeness (QED) is 0.0261. The van der Waals surface area contributed by atoms with Crippen molar-refractivity contribution in [1.82, 2.24) is 0 Å². The number of carbonyl (C=O) groups is 3. The van der Waals surface area contributed by atoms with Crippen LogP contribution in [0.5, 0.6) is 0 Å². The van der Waals surface area contributed by atoms with E-state index in [1.54, 1.807) is 0 Å². The Balaban J connectivity index is 4.00. The van der Waals surface area contributed by atoms with Crippen LogP contribution >= 0.6 is 0 Å². The lowest BCUT2D eigenvalue weighted by Crippen LogP contribution is -2.30. The molecule has 0 amide bonds. The van der Waals surface area contributed by atoms with Crippen molar-refractivity contribution < 1.29 is 28.6 Å².